The van der Waals surface area contributed by atoms with E-state index in [0.29, 0.717) is 18.4 Å². The Morgan fingerprint density at radius 2 is 2.12 bits per heavy atom. The molecule has 9 heteroatoms. The van der Waals surface area contributed by atoms with Crippen LogP contribution in [0.5, 0.6) is 5.75 Å². The summed E-state index contributed by atoms with van der Waals surface area (Å²) in [6.45, 7) is -0.697. The van der Waals surface area contributed by atoms with Gasteiger partial charge in [-0.05, 0) is 43.5 Å². The van der Waals surface area contributed by atoms with E-state index in [1.54, 1.807) is 6.08 Å². The molecule has 1 aromatic carbocycles. The highest BCUT2D eigenvalue weighted by Crippen LogP contribution is 2.48. The number of rotatable bonds is 3. The van der Waals surface area contributed by atoms with Crippen molar-refractivity contribution in [3.05, 3.63) is 41.6 Å². The van der Waals surface area contributed by atoms with Crippen LogP contribution in [0.15, 0.2) is 36.0 Å². The number of fused-ring (bicyclic) bond motifs is 1. The summed E-state index contributed by atoms with van der Waals surface area (Å²) in [5.41, 5.74) is -0.340. The minimum absolute atomic E-state index is 0.120. The largest absolute Gasteiger partial charge is 0.484 e. The second kappa shape index (κ2) is 6.53. The number of hydrogen-bond donors (Lipinski definition) is 2. The van der Waals surface area contributed by atoms with E-state index in [2.05, 4.69) is 5.43 Å². The predicted molar refractivity (Wildman–Crippen MR) is 83.1 cm³/mol. The number of hydrazine groups is 1. The Bertz CT molecular complexity index is 770. The molecule has 1 heterocycles. The fourth-order valence-corrected chi connectivity index (χ4v) is 3.20. The second-order valence-electron chi connectivity index (χ2n) is 6.13. The van der Waals surface area contributed by atoms with E-state index < -0.39 is 30.3 Å². The molecule has 138 valence electrons. The van der Waals surface area contributed by atoms with Gasteiger partial charge in [0.05, 0.1) is 17.6 Å². The van der Waals surface area contributed by atoms with Crippen molar-refractivity contribution < 1.29 is 27.8 Å². The van der Waals surface area contributed by atoms with Gasteiger partial charge in [0.15, 0.2) is 6.61 Å². The maximum atomic E-state index is 13.6. The van der Waals surface area contributed by atoms with Crippen LogP contribution >= 0.6 is 0 Å². The number of hydrogen-bond acceptors (Lipinski definition) is 5. The molecule has 1 aromatic rings. The molecule has 0 radical (unpaired) electrons. The number of ether oxygens (including phenoxy) is 1. The van der Waals surface area contributed by atoms with Crippen molar-refractivity contribution in [3.63, 3.8) is 0 Å². The van der Waals surface area contributed by atoms with Gasteiger partial charge in [0.1, 0.15) is 5.75 Å². The summed E-state index contributed by atoms with van der Waals surface area (Å²) in [5.74, 6) is -2.07. The molecule has 3 rings (SSSR count). The zero-order chi connectivity index (χ0) is 18.9. The lowest BCUT2D eigenvalue weighted by atomic mass is 9.84. The topological polar surface area (TPSA) is 85.6 Å². The van der Waals surface area contributed by atoms with Crippen LogP contribution in [-0.2, 0) is 4.79 Å². The minimum atomic E-state index is -5.03. The molecule has 2 N–H and O–H groups in total. The van der Waals surface area contributed by atoms with Gasteiger partial charge in [0.25, 0.3) is 11.6 Å². The molecular weight excluding hydrogens is 351 g/mol. The maximum Gasteiger partial charge on any atom is 0.439 e. The first-order chi connectivity index (χ1) is 12.3. The number of carbonyl (C=O) groups excluding carboxylic acids is 1. The fraction of sp³-hybridized carbons (Fsp3) is 0.412. The third kappa shape index (κ3) is 2.97. The van der Waals surface area contributed by atoms with Crippen molar-refractivity contribution in [1.29, 1.82) is 5.26 Å². The predicted octanol–water partition coefficient (Wildman–Crippen LogP) is 2.22. The number of benzene rings is 1. The molecule has 6 nitrogen and oxygen atoms in total. The van der Waals surface area contributed by atoms with Gasteiger partial charge in [0.2, 0.25) is 0 Å². The van der Waals surface area contributed by atoms with E-state index >= 15 is 0 Å². The van der Waals surface area contributed by atoms with Crippen LogP contribution in [0.4, 0.5) is 13.2 Å². The van der Waals surface area contributed by atoms with Gasteiger partial charge in [-0.2, -0.15) is 18.4 Å². The molecule has 0 saturated carbocycles. The zero-order valence-electron chi connectivity index (χ0n) is 13.6. The summed E-state index contributed by atoms with van der Waals surface area (Å²) in [6, 6.07) is 7.69. The second-order valence-corrected chi connectivity index (χ2v) is 6.13. The molecule has 1 fully saturated rings. The smallest absolute Gasteiger partial charge is 0.439 e. The van der Waals surface area contributed by atoms with Crippen LogP contribution in [0.2, 0.25) is 0 Å². The van der Waals surface area contributed by atoms with E-state index in [4.69, 9.17) is 10.00 Å². The van der Waals surface area contributed by atoms with Crippen molar-refractivity contribution in [2.45, 2.75) is 31.2 Å². The van der Waals surface area contributed by atoms with Crippen molar-refractivity contribution in [2.75, 3.05) is 6.61 Å². The van der Waals surface area contributed by atoms with Crippen LogP contribution in [-0.4, -0.2) is 34.5 Å². The van der Waals surface area contributed by atoms with Gasteiger partial charge < -0.3 is 9.84 Å². The summed E-state index contributed by atoms with van der Waals surface area (Å²) in [6.07, 6.45) is -2.26. The van der Waals surface area contributed by atoms with Gasteiger partial charge in [-0.3, -0.25) is 10.2 Å². The highest BCUT2D eigenvalue weighted by Gasteiger charge is 2.68. The minimum Gasteiger partial charge on any atom is -0.484 e. The van der Waals surface area contributed by atoms with Crippen LogP contribution in [0, 0.1) is 17.2 Å². The van der Waals surface area contributed by atoms with E-state index in [9.17, 15) is 23.1 Å². The summed E-state index contributed by atoms with van der Waals surface area (Å²) >= 11 is 0. The maximum absolute atomic E-state index is 13.6. The lowest BCUT2D eigenvalue weighted by Crippen LogP contribution is -2.63. The van der Waals surface area contributed by atoms with Crippen molar-refractivity contribution >= 4 is 5.91 Å². The van der Waals surface area contributed by atoms with Gasteiger partial charge in [-0.15, -0.1) is 0 Å². The highest BCUT2D eigenvalue weighted by molar-refractivity contribution is 5.79. The molecular formula is C17H16F3N3O3. The Labute approximate surface area is 147 Å². The molecule has 0 spiro atoms. The number of halogens is 3. The molecule has 0 bridgehead atoms. The summed E-state index contributed by atoms with van der Waals surface area (Å²) in [4.78, 5) is 12.3. The number of nitrogens with one attached hydrogen (secondary N) is 1. The molecule has 1 aliphatic heterocycles. The highest BCUT2D eigenvalue weighted by atomic mass is 19.4. The van der Waals surface area contributed by atoms with E-state index in [0.717, 1.165) is 0 Å². The average Bonchev–Trinajstić information content (AvgIpc) is 2.94. The van der Waals surface area contributed by atoms with Gasteiger partial charge >= 0.3 is 6.18 Å². The lowest BCUT2D eigenvalue weighted by molar-refractivity contribution is -0.319. The number of carbonyl (C=O) groups is 1. The first-order valence-electron chi connectivity index (χ1n) is 7.99. The standard InChI is InChI=1S/C17H16F3N3O3/c18-17(19,20)16(25)13-3-1-2-4-14(13)22-23(16)15(24)10-26-12-7-5-11(9-21)6-8-12/h4-8,13,22,25H,1-3,10H2/t13-,16+/m0/s1. The number of amides is 1. The molecule has 2 aliphatic rings. The Balaban J connectivity index is 1.77. The third-order valence-corrected chi connectivity index (χ3v) is 4.52. The van der Waals surface area contributed by atoms with Crippen molar-refractivity contribution in [2.24, 2.45) is 5.92 Å². The van der Waals surface area contributed by atoms with E-state index in [-0.39, 0.29) is 22.9 Å². The SMILES string of the molecule is N#Cc1ccc(OCC(=O)N2NC3=CCCC[C@@H]3[C@@]2(O)C(F)(F)F)cc1. The number of aliphatic hydroxyl groups is 1. The Morgan fingerprint density at radius 1 is 1.42 bits per heavy atom. The molecule has 26 heavy (non-hydrogen) atoms. The number of alkyl halides is 3. The van der Waals surface area contributed by atoms with Crippen LogP contribution < -0.4 is 10.2 Å². The van der Waals surface area contributed by atoms with Gasteiger partial charge in [-0.25, -0.2) is 5.01 Å². The Morgan fingerprint density at radius 3 is 2.73 bits per heavy atom. The zero-order valence-corrected chi connectivity index (χ0v) is 13.6. The summed E-state index contributed by atoms with van der Waals surface area (Å²) in [5, 5.41) is 19.4. The van der Waals surface area contributed by atoms with Crippen LogP contribution in [0.3, 0.4) is 0 Å². The molecule has 1 saturated heterocycles. The Hall–Kier alpha value is -2.73. The first-order valence-corrected chi connectivity index (χ1v) is 7.99. The monoisotopic (exact) mass is 367 g/mol. The fourth-order valence-electron chi connectivity index (χ4n) is 3.20. The quantitative estimate of drug-likeness (QED) is 0.856. The van der Waals surface area contributed by atoms with Crippen LogP contribution in [0.25, 0.3) is 0 Å². The first kappa shape index (κ1) is 18.1. The van der Waals surface area contributed by atoms with Crippen LogP contribution in [0.1, 0.15) is 24.8 Å². The molecule has 2 atom stereocenters. The molecule has 1 amide bonds. The average molecular weight is 367 g/mol. The summed E-state index contributed by atoms with van der Waals surface area (Å²) in [7, 11) is 0. The van der Waals surface area contributed by atoms with Crippen molar-refractivity contribution in [3.8, 4) is 11.8 Å². The molecule has 0 aromatic heterocycles. The van der Waals surface area contributed by atoms with Gasteiger partial charge in [-0.1, -0.05) is 6.08 Å². The molecule has 0 unspecified atom stereocenters. The Kier molecular flexibility index (Phi) is 4.54. The number of nitriles is 1. The van der Waals surface area contributed by atoms with E-state index in [1.165, 1.54) is 24.3 Å². The third-order valence-electron chi connectivity index (χ3n) is 4.52. The lowest BCUT2D eigenvalue weighted by Gasteiger charge is -2.37. The normalized spacial score (nSPS) is 25.0. The number of nitrogens with zero attached hydrogens (tertiary/aromatic N) is 2. The van der Waals surface area contributed by atoms with E-state index in [1.807, 2.05) is 6.07 Å². The number of allylic oxidation sites excluding steroid dienone is 1. The molecule has 1 aliphatic carbocycles. The van der Waals surface area contributed by atoms with Crippen molar-refractivity contribution in [1.82, 2.24) is 10.4 Å². The van der Waals surface area contributed by atoms with Gasteiger partial charge in [0, 0.05) is 5.70 Å². The summed E-state index contributed by atoms with van der Waals surface area (Å²) < 4.78 is 46.0.